The molecule has 0 aliphatic carbocycles. The zero-order chi connectivity index (χ0) is 13.8. The van der Waals surface area contributed by atoms with Gasteiger partial charge in [-0.15, -0.1) is 0 Å². The summed E-state index contributed by atoms with van der Waals surface area (Å²) in [5.41, 5.74) is 0. The molecule has 2 rings (SSSR count). The van der Waals surface area contributed by atoms with Crippen molar-refractivity contribution in [2.24, 2.45) is 5.92 Å². The third-order valence-electron chi connectivity index (χ3n) is 4.90. The predicted octanol–water partition coefficient (Wildman–Crippen LogP) is 2.18. The van der Waals surface area contributed by atoms with E-state index in [4.69, 9.17) is 0 Å². The number of hydrogen-bond acceptors (Lipinski definition) is 3. The second kappa shape index (κ2) is 7.05. The molecular formula is C16H33N3. The van der Waals surface area contributed by atoms with Crippen LogP contribution >= 0.6 is 0 Å². The molecule has 0 spiro atoms. The minimum atomic E-state index is 0.693. The van der Waals surface area contributed by atoms with Crippen LogP contribution in [0.3, 0.4) is 0 Å². The van der Waals surface area contributed by atoms with Gasteiger partial charge in [-0.3, -0.25) is 4.90 Å². The van der Waals surface area contributed by atoms with Crippen molar-refractivity contribution >= 4 is 0 Å². The molecule has 3 unspecified atom stereocenters. The van der Waals surface area contributed by atoms with Crippen molar-refractivity contribution in [2.75, 3.05) is 33.2 Å². The molecule has 2 saturated heterocycles. The van der Waals surface area contributed by atoms with E-state index in [2.05, 4.69) is 42.9 Å². The van der Waals surface area contributed by atoms with E-state index in [0.29, 0.717) is 12.1 Å². The van der Waals surface area contributed by atoms with Crippen LogP contribution in [0.2, 0.25) is 0 Å². The molecule has 0 aromatic heterocycles. The maximum atomic E-state index is 3.72. The van der Waals surface area contributed by atoms with Gasteiger partial charge in [0.25, 0.3) is 0 Å². The van der Waals surface area contributed by atoms with Crippen LogP contribution in [-0.2, 0) is 0 Å². The van der Waals surface area contributed by atoms with E-state index in [1.54, 1.807) is 0 Å². The fourth-order valence-corrected chi connectivity index (χ4v) is 3.62. The summed E-state index contributed by atoms with van der Waals surface area (Å²) in [6, 6.07) is 2.18. The van der Waals surface area contributed by atoms with Gasteiger partial charge in [-0.2, -0.15) is 0 Å². The highest BCUT2D eigenvalue weighted by molar-refractivity contribution is 4.88. The Bertz CT molecular complexity index is 267. The van der Waals surface area contributed by atoms with Crippen LogP contribution in [0.4, 0.5) is 0 Å². The van der Waals surface area contributed by atoms with Crippen molar-refractivity contribution in [1.29, 1.82) is 0 Å². The quantitative estimate of drug-likeness (QED) is 0.842. The molecule has 2 heterocycles. The standard InChI is InChI=1S/C16H33N3/c1-13(2)9-15-11-19(14(3)10-17-15)12-16-7-5-6-8-18(16)4/h13-17H,5-12H2,1-4H3. The van der Waals surface area contributed by atoms with Gasteiger partial charge in [-0.05, 0) is 45.7 Å². The van der Waals surface area contributed by atoms with Crippen molar-refractivity contribution in [3.63, 3.8) is 0 Å². The molecule has 3 nitrogen and oxygen atoms in total. The monoisotopic (exact) mass is 267 g/mol. The summed E-state index contributed by atoms with van der Waals surface area (Å²) in [5.74, 6) is 0.796. The first-order chi connectivity index (χ1) is 9.06. The smallest absolute Gasteiger partial charge is 0.0220 e. The van der Waals surface area contributed by atoms with E-state index in [0.717, 1.165) is 18.5 Å². The number of piperazine rings is 1. The minimum absolute atomic E-state index is 0.693. The van der Waals surface area contributed by atoms with Crippen molar-refractivity contribution < 1.29 is 0 Å². The first-order valence-electron chi connectivity index (χ1n) is 8.24. The lowest BCUT2D eigenvalue weighted by molar-refractivity contribution is 0.0753. The van der Waals surface area contributed by atoms with Gasteiger partial charge < -0.3 is 10.2 Å². The molecular weight excluding hydrogens is 234 g/mol. The Hall–Kier alpha value is -0.120. The molecule has 0 amide bonds. The lowest BCUT2D eigenvalue weighted by atomic mass is 9.97. The van der Waals surface area contributed by atoms with Gasteiger partial charge in [-0.1, -0.05) is 20.3 Å². The van der Waals surface area contributed by atoms with Gasteiger partial charge >= 0.3 is 0 Å². The van der Waals surface area contributed by atoms with E-state index in [1.165, 1.54) is 45.3 Å². The van der Waals surface area contributed by atoms with Gasteiger partial charge in [0.1, 0.15) is 0 Å². The fraction of sp³-hybridized carbons (Fsp3) is 1.00. The van der Waals surface area contributed by atoms with E-state index in [1.807, 2.05) is 0 Å². The van der Waals surface area contributed by atoms with E-state index in [-0.39, 0.29) is 0 Å². The highest BCUT2D eigenvalue weighted by atomic mass is 15.3. The molecule has 0 radical (unpaired) electrons. The highest BCUT2D eigenvalue weighted by Gasteiger charge is 2.29. The summed E-state index contributed by atoms with van der Waals surface area (Å²) in [6.07, 6.45) is 5.51. The van der Waals surface area contributed by atoms with Crippen molar-refractivity contribution in [3.05, 3.63) is 0 Å². The van der Waals surface area contributed by atoms with Gasteiger partial charge in [0.2, 0.25) is 0 Å². The molecule has 1 N–H and O–H groups in total. The average Bonchev–Trinajstić information content (AvgIpc) is 2.35. The summed E-state index contributed by atoms with van der Waals surface area (Å²) in [4.78, 5) is 5.31. The zero-order valence-corrected chi connectivity index (χ0v) is 13.4. The van der Waals surface area contributed by atoms with Gasteiger partial charge in [-0.25, -0.2) is 0 Å². The van der Waals surface area contributed by atoms with Gasteiger partial charge in [0.05, 0.1) is 0 Å². The molecule has 112 valence electrons. The fourth-order valence-electron chi connectivity index (χ4n) is 3.62. The van der Waals surface area contributed by atoms with Crippen LogP contribution in [0.5, 0.6) is 0 Å². The van der Waals surface area contributed by atoms with Crippen LogP contribution in [0, 0.1) is 5.92 Å². The predicted molar refractivity (Wildman–Crippen MR) is 82.5 cm³/mol. The van der Waals surface area contributed by atoms with Gasteiger partial charge in [0.15, 0.2) is 0 Å². The Morgan fingerprint density at radius 3 is 2.74 bits per heavy atom. The first-order valence-corrected chi connectivity index (χ1v) is 8.24. The second-order valence-electron chi connectivity index (χ2n) is 7.17. The molecule has 3 heteroatoms. The number of likely N-dealkylation sites (N-methyl/N-ethyl adjacent to an activating group) is 1. The Balaban J connectivity index is 1.86. The lowest BCUT2D eigenvalue weighted by Crippen LogP contribution is -2.58. The van der Waals surface area contributed by atoms with E-state index < -0.39 is 0 Å². The normalized spacial score (nSPS) is 34.9. The Labute approximate surface area is 119 Å². The average molecular weight is 267 g/mol. The number of rotatable bonds is 4. The largest absolute Gasteiger partial charge is 0.311 e. The molecule has 0 aromatic carbocycles. The Morgan fingerprint density at radius 1 is 1.26 bits per heavy atom. The molecule has 2 fully saturated rings. The van der Waals surface area contributed by atoms with Crippen molar-refractivity contribution in [2.45, 2.75) is 64.6 Å². The molecule has 2 aliphatic rings. The third kappa shape index (κ3) is 4.44. The molecule has 0 saturated carbocycles. The van der Waals surface area contributed by atoms with E-state index >= 15 is 0 Å². The van der Waals surface area contributed by atoms with Crippen molar-refractivity contribution in [1.82, 2.24) is 15.1 Å². The lowest BCUT2D eigenvalue weighted by Gasteiger charge is -2.43. The SMILES string of the molecule is CC(C)CC1CN(CC2CCCCN2C)C(C)CN1. The van der Waals surface area contributed by atoms with Crippen LogP contribution in [0.15, 0.2) is 0 Å². The number of nitrogens with one attached hydrogen (secondary N) is 1. The highest BCUT2D eigenvalue weighted by Crippen LogP contribution is 2.19. The topological polar surface area (TPSA) is 18.5 Å². The summed E-state index contributed by atoms with van der Waals surface area (Å²) in [7, 11) is 2.31. The number of hydrogen-bond donors (Lipinski definition) is 1. The van der Waals surface area contributed by atoms with Crippen LogP contribution < -0.4 is 5.32 Å². The maximum Gasteiger partial charge on any atom is 0.0220 e. The van der Waals surface area contributed by atoms with E-state index in [9.17, 15) is 0 Å². The number of nitrogens with zero attached hydrogens (tertiary/aromatic N) is 2. The number of piperidine rings is 1. The molecule has 2 aliphatic heterocycles. The Kier molecular flexibility index (Phi) is 5.67. The molecule has 0 aromatic rings. The van der Waals surface area contributed by atoms with Gasteiger partial charge in [0, 0.05) is 37.8 Å². The van der Waals surface area contributed by atoms with Crippen molar-refractivity contribution in [3.8, 4) is 0 Å². The molecule has 3 atom stereocenters. The second-order valence-corrected chi connectivity index (χ2v) is 7.17. The third-order valence-corrected chi connectivity index (χ3v) is 4.90. The van der Waals surface area contributed by atoms with Crippen LogP contribution in [0.1, 0.15) is 46.5 Å². The minimum Gasteiger partial charge on any atom is -0.311 e. The summed E-state index contributed by atoms with van der Waals surface area (Å²) in [6.45, 7) is 12.0. The number of likely N-dealkylation sites (tertiary alicyclic amines) is 1. The van der Waals surface area contributed by atoms with Crippen LogP contribution in [-0.4, -0.2) is 61.2 Å². The summed E-state index contributed by atoms with van der Waals surface area (Å²) < 4.78 is 0. The Morgan fingerprint density at radius 2 is 2.05 bits per heavy atom. The molecule has 0 bridgehead atoms. The first kappa shape index (κ1) is 15.3. The molecule has 19 heavy (non-hydrogen) atoms. The van der Waals surface area contributed by atoms with Crippen LogP contribution in [0.25, 0.3) is 0 Å². The maximum absolute atomic E-state index is 3.72. The summed E-state index contributed by atoms with van der Waals surface area (Å²) >= 11 is 0. The zero-order valence-electron chi connectivity index (χ0n) is 13.4. The summed E-state index contributed by atoms with van der Waals surface area (Å²) in [5, 5.41) is 3.72.